The number of alkyl halides is 3. The predicted molar refractivity (Wildman–Crippen MR) is 151 cm³/mol. The standard InChI is InChI=1S/C31H31F3N4O3/c1-38(29(39)23-16-24(17-23)30(40)41-20-22-8-4-2-5-9-22)19-21-12-14-26(15-13-21)36-27(18-35)28(31(32,33)34)37-25-10-6-3-7-11-25/h2-15,18,23-24,35-37H,16-17,19-20H2,1H3/b28-27+,35-18?. The molecule has 0 radical (unpaired) electrons. The molecule has 0 saturated heterocycles. The number of anilines is 2. The lowest BCUT2D eigenvalue weighted by Gasteiger charge is -2.35. The summed E-state index contributed by atoms with van der Waals surface area (Å²) in [5.74, 6) is -0.918. The number of esters is 1. The van der Waals surface area contributed by atoms with Gasteiger partial charge in [0, 0.05) is 37.1 Å². The van der Waals surface area contributed by atoms with Crippen LogP contribution in [0.1, 0.15) is 24.0 Å². The lowest BCUT2D eigenvalue weighted by molar-refractivity contribution is -0.157. The van der Waals surface area contributed by atoms with Crippen molar-refractivity contribution in [1.29, 1.82) is 5.41 Å². The fraction of sp³-hybridized carbons (Fsp3) is 0.258. The molecule has 0 heterocycles. The molecule has 1 saturated carbocycles. The summed E-state index contributed by atoms with van der Waals surface area (Å²) in [6, 6.07) is 23.9. The monoisotopic (exact) mass is 564 g/mol. The third-order valence-corrected chi connectivity index (χ3v) is 6.81. The summed E-state index contributed by atoms with van der Waals surface area (Å²) in [6.07, 6.45) is -3.23. The second-order valence-electron chi connectivity index (χ2n) is 9.90. The van der Waals surface area contributed by atoms with Gasteiger partial charge in [-0.1, -0.05) is 60.7 Å². The molecule has 0 aromatic heterocycles. The van der Waals surface area contributed by atoms with Crippen LogP contribution in [0.2, 0.25) is 0 Å². The van der Waals surface area contributed by atoms with Crippen LogP contribution in [0.5, 0.6) is 0 Å². The van der Waals surface area contributed by atoms with Crippen LogP contribution >= 0.6 is 0 Å². The molecule has 4 rings (SSSR count). The Morgan fingerprint density at radius 3 is 2.05 bits per heavy atom. The van der Waals surface area contributed by atoms with Crippen LogP contribution in [-0.4, -0.2) is 36.2 Å². The molecule has 10 heteroatoms. The van der Waals surface area contributed by atoms with Crippen LogP contribution in [0.15, 0.2) is 96.3 Å². The van der Waals surface area contributed by atoms with Gasteiger partial charge in [0.15, 0.2) is 0 Å². The van der Waals surface area contributed by atoms with Crippen LogP contribution in [0.25, 0.3) is 0 Å². The van der Waals surface area contributed by atoms with E-state index >= 15 is 0 Å². The van der Waals surface area contributed by atoms with Crippen molar-refractivity contribution < 1.29 is 27.5 Å². The number of allylic oxidation sites excluding steroid dienone is 2. The Morgan fingerprint density at radius 1 is 0.878 bits per heavy atom. The molecule has 1 aliphatic rings. The highest BCUT2D eigenvalue weighted by molar-refractivity contribution is 5.84. The highest BCUT2D eigenvalue weighted by Gasteiger charge is 2.41. The van der Waals surface area contributed by atoms with E-state index in [1.165, 1.54) is 12.1 Å². The SMILES string of the molecule is CN(Cc1ccc(N/C(C=N)=C(/Nc2ccccc2)C(F)(F)F)cc1)C(=O)C1CC(C(=O)OCc2ccccc2)C1. The van der Waals surface area contributed by atoms with E-state index in [2.05, 4.69) is 10.6 Å². The number of nitrogens with zero attached hydrogens (tertiary/aromatic N) is 1. The number of para-hydroxylation sites is 1. The maximum atomic E-state index is 13.8. The van der Waals surface area contributed by atoms with Gasteiger partial charge < -0.3 is 25.7 Å². The van der Waals surface area contributed by atoms with E-state index in [0.717, 1.165) is 11.1 Å². The molecule has 1 aliphatic carbocycles. The Balaban J connectivity index is 1.30. The number of amides is 1. The molecular formula is C31H31F3N4O3. The second kappa shape index (κ2) is 13.2. The zero-order valence-corrected chi connectivity index (χ0v) is 22.4. The Bertz CT molecular complexity index is 1370. The third kappa shape index (κ3) is 7.97. The largest absolute Gasteiger partial charge is 0.461 e. The number of rotatable bonds is 11. The van der Waals surface area contributed by atoms with E-state index in [4.69, 9.17) is 10.1 Å². The number of nitrogens with one attached hydrogen (secondary N) is 3. The third-order valence-electron chi connectivity index (χ3n) is 6.81. The number of carbonyl (C=O) groups excluding carboxylic acids is 2. The Labute approximate surface area is 236 Å². The van der Waals surface area contributed by atoms with Crippen LogP contribution in [0.3, 0.4) is 0 Å². The fourth-order valence-electron chi connectivity index (χ4n) is 4.50. The van der Waals surface area contributed by atoms with Crippen molar-refractivity contribution >= 4 is 29.5 Å². The average molecular weight is 565 g/mol. The van der Waals surface area contributed by atoms with Crippen molar-refractivity contribution in [2.24, 2.45) is 11.8 Å². The maximum Gasteiger partial charge on any atom is 0.433 e. The Morgan fingerprint density at radius 2 is 1.46 bits per heavy atom. The molecule has 0 spiro atoms. The van der Waals surface area contributed by atoms with Gasteiger partial charge in [-0.3, -0.25) is 9.59 Å². The number of hydrogen-bond acceptors (Lipinski definition) is 6. The molecule has 214 valence electrons. The minimum atomic E-state index is -4.72. The van der Waals surface area contributed by atoms with Crippen LogP contribution in [-0.2, 0) is 27.5 Å². The van der Waals surface area contributed by atoms with Gasteiger partial charge in [-0.15, -0.1) is 0 Å². The van der Waals surface area contributed by atoms with E-state index in [-0.39, 0.29) is 36.0 Å². The molecule has 1 fully saturated rings. The first-order chi connectivity index (χ1) is 19.6. The molecule has 0 unspecified atom stereocenters. The molecule has 1 amide bonds. The first-order valence-corrected chi connectivity index (χ1v) is 13.1. The van der Waals surface area contributed by atoms with Gasteiger partial charge in [-0.05, 0) is 48.2 Å². The molecule has 3 N–H and O–H groups in total. The van der Waals surface area contributed by atoms with Crippen molar-refractivity contribution in [1.82, 2.24) is 4.90 Å². The topological polar surface area (TPSA) is 94.5 Å². The summed E-state index contributed by atoms with van der Waals surface area (Å²) >= 11 is 0. The number of halogens is 3. The molecule has 7 nitrogen and oxygen atoms in total. The Hall–Kier alpha value is -4.60. The van der Waals surface area contributed by atoms with Crippen molar-refractivity contribution in [3.8, 4) is 0 Å². The van der Waals surface area contributed by atoms with Gasteiger partial charge >= 0.3 is 12.1 Å². The normalized spacial score (nSPS) is 17.0. The summed E-state index contributed by atoms with van der Waals surface area (Å²) in [4.78, 5) is 26.8. The lowest BCUT2D eigenvalue weighted by Crippen LogP contribution is -2.42. The van der Waals surface area contributed by atoms with Gasteiger partial charge in [-0.25, -0.2) is 0 Å². The molecular weight excluding hydrogens is 533 g/mol. The van der Waals surface area contributed by atoms with Gasteiger partial charge in [-0.2, -0.15) is 13.2 Å². The number of carbonyl (C=O) groups is 2. The van der Waals surface area contributed by atoms with Crippen molar-refractivity contribution in [3.63, 3.8) is 0 Å². The second-order valence-corrected chi connectivity index (χ2v) is 9.90. The number of ether oxygens (including phenoxy) is 1. The molecule has 0 atom stereocenters. The van der Waals surface area contributed by atoms with Crippen molar-refractivity contribution in [3.05, 3.63) is 107 Å². The first-order valence-electron chi connectivity index (χ1n) is 13.1. The zero-order chi connectivity index (χ0) is 29.4. The number of benzene rings is 3. The van der Waals surface area contributed by atoms with E-state index < -0.39 is 17.6 Å². The molecule has 0 aliphatic heterocycles. The van der Waals surface area contributed by atoms with Crippen molar-refractivity contribution in [2.75, 3.05) is 17.7 Å². The van der Waals surface area contributed by atoms with Crippen LogP contribution < -0.4 is 10.6 Å². The van der Waals surface area contributed by atoms with Crippen LogP contribution in [0.4, 0.5) is 24.5 Å². The Kier molecular flexibility index (Phi) is 9.44. The fourth-order valence-corrected chi connectivity index (χ4v) is 4.50. The average Bonchev–Trinajstić information content (AvgIpc) is 2.94. The van der Waals surface area contributed by atoms with E-state index in [1.54, 1.807) is 54.4 Å². The molecule has 3 aromatic rings. The van der Waals surface area contributed by atoms with Crippen LogP contribution in [0, 0.1) is 17.2 Å². The molecule has 41 heavy (non-hydrogen) atoms. The quantitative estimate of drug-likeness (QED) is 0.186. The maximum absolute atomic E-state index is 13.8. The summed E-state index contributed by atoms with van der Waals surface area (Å²) in [7, 11) is 1.68. The summed E-state index contributed by atoms with van der Waals surface area (Å²) in [5, 5.41) is 12.6. The minimum absolute atomic E-state index is 0.0739. The van der Waals surface area contributed by atoms with Gasteiger partial charge in [0.1, 0.15) is 12.3 Å². The molecule has 0 bridgehead atoms. The van der Waals surface area contributed by atoms with Gasteiger partial charge in [0.05, 0.1) is 11.6 Å². The molecule has 3 aromatic carbocycles. The minimum Gasteiger partial charge on any atom is -0.461 e. The highest BCUT2D eigenvalue weighted by atomic mass is 19.4. The van der Waals surface area contributed by atoms with Gasteiger partial charge in [0.25, 0.3) is 0 Å². The zero-order valence-electron chi connectivity index (χ0n) is 22.4. The highest BCUT2D eigenvalue weighted by Crippen LogP contribution is 2.36. The van der Waals surface area contributed by atoms with Crippen molar-refractivity contribution in [2.45, 2.75) is 32.2 Å². The first kappa shape index (κ1) is 29.4. The van der Waals surface area contributed by atoms with E-state index in [9.17, 15) is 22.8 Å². The summed E-state index contributed by atoms with van der Waals surface area (Å²) in [5.41, 5.74) is 0.755. The van der Waals surface area contributed by atoms with E-state index in [0.29, 0.717) is 31.3 Å². The summed E-state index contributed by atoms with van der Waals surface area (Å²) < 4.78 is 46.7. The smallest absolute Gasteiger partial charge is 0.433 e. The lowest BCUT2D eigenvalue weighted by atomic mass is 9.74. The summed E-state index contributed by atoms with van der Waals surface area (Å²) in [6.45, 7) is 0.507. The van der Waals surface area contributed by atoms with Gasteiger partial charge in [0.2, 0.25) is 5.91 Å². The van der Waals surface area contributed by atoms with E-state index in [1.807, 2.05) is 30.3 Å². The predicted octanol–water partition coefficient (Wildman–Crippen LogP) is 6.36. The number of hydrogen-bond donors (Lipinski definition) is 3.